The number of halogens is 2. The summed E-state index contributed by atoms with van der Waals surface area (Å²) in [6, 6.07) is 5.73. The first kappa shape index (κ1) is 12.9. The van der Waals surface area contributed by atoms with E-state index < -0.39 is 5.97 Å². The molecule has 0 amide bonds. The molecule has 0 radical (unpaired) electrons. The second kappa shape index (κ2) is 5.38. The predicted molar refractivity (Wildman–Crippen MR) is 72.1 cm³/mol. The highest BCUT2D eigenvalue weighted by Gasteiger charge is 2.13. The van der Waals surface area contributed by atoms with E-state index in [2.05, 4.69) is 5.32 Å². The van der Waals surface area contributed by atoms with E-state index >= 15 is 0 Å². The highest BCUT2D eigenvalue weighted by Crippen LogP contribution is 2.20. The molecular formula is C12H9FINO3. The maximum atomic E-state index is 12.9. The molecule has 0 saturated carbocycles. The lowest BCUT2D eigenvalue weighted by atomic mass is 10.2. The van der Waals surface area contributed by atoms with E-state index in [4.69, 9.17) is 9.52 Å². The van der Waals surface area contributed by atoms with Gasteiger partial charge >= 0.3 is 5.97 Å². The van der Waals surface area contributed by atoms with Crippen molar-refractivity contribution >= 4 is 34.2 Å². The molecule has 0 aliphatic heterocycles. The van der Waals surface area contributed by atoms with Gasteiger partial charge in [0.05, 0.1) is 12.8 Å². The monoisotopic (exact) mass is 361 g/mol. The van der Waals surface area contributed by atoms with Gasteiger partial charge in [-0.1, -0.05) is 0 Å². The molecule has 2 rings (SSSR count). The molecule has 0 aliphatic carbocycles. The van der Waals surface area contributed by atoms with Gasteiger partial charge in [-0.15, -0.1) is 0 Å². The summed E-state index contributed by atoms with van der Waals surface area (Å²) in [4.78, 5) is 10.9. The molecule has 0 unspecified atom stereocenters. The van der Waals surface area contributed by atoms with Crippen LogP contribution in [0, 0.1) is 9.39 Å². The molecule has 2 aromatic rings. The van der Waals surface area contributed by atoms with Crippen molar-refractivity contribution in [3.63, 3.8) is 0 Å². The van der Waals surface area contributed by atoms with E-state index in [1.165, 1.54) is 24.5 Å². The van der Waals surface area contributed by atoms with Gasteiger partial charge in [-0.25, -0.2) is 9.18 Å². The van der Waals surface area contributed by atoms with Crippen molar-refractivity contribution in [2.24, 2.45) is 0 Å². The summed E-state index contributed by atoms with van der Waals surface area (Å²) in [5.41, 5.74) is 0.851. The number of carboxylic acids is 1. The van der Waals surface area contributed by atoms with Crippen LogP contribution < -0.4 is 5.32 Å². The van der Waals surface area contributed by atoms with Crippen LogP contribution in [-0.4, -0.2) is 11.1 Å². The minimum absolute atomic E-state index is 0.125. The fourth-order valence-corrected chi connectivity index (χ4v) is 2.14. The molecule has 1 aromatic heterocycles. The molecule has 0 aliphatic rings. The van der Waals surface area contributed by atoms with Crippen LogP contribution in [0.1, 0.15) is 16.1 Å². The molecule has 0 atom stereocenters. The molecule has 4 nitrogen and oxygen atoms in total. The Bertz CT molecular complexity index is 582. The minimum Gasteiger partial charge on any atom is -0.478 e. The average molecular weight is 361 g/mol. The van der Waals surface area contributed by atoms with Gasteiger partial charge in [-0.3, -0.25) is 0 Å². The largest absolute Gasteiger partial charge is 0.478 e. The first-order chi connectivity index (χ1) is 8.58. The molecule has 0 saturated heterocycles. The lowest BCUT2D eigenvalue weighted by Gasteiger charge is -2.07. The predicted octanol–water partition coefficient (Wildman–Crippen LogP) is 3.33. The van der Waals surface area contributed by atoms with Gasteiger partial charge in [0.15, 0.2) is 0 Å². The van der Waals surface area contributed by atoms with Gasteiger partial charge in [-0.05, 0) is 46.9 Å². The van der Waals surface area contributed by atoms with Crippen LogP contribution in [0.25, 0.3) is 0 Å². The molecule has 6 heteroatoms. The van der Waals surface area contributed by atoms with Crippen LogP contribution in [-0.2, 0) is 6.54 Å². The Balaban J connectivity index is 2.11. The Labute approximate surface area is 116 Å². The van der Waals surface area contributed by atoms with Crippen molar-refractivity contribution in [2.45, 2.75) is 6.54 Å². The summed E-state index contributed by atoms with van der Waals surface area (Å²) < 4.78 is 18.7. The van der Waals surface area contributed by atoms with E-state index in [1.54, 1.807) is 6.07 Å². The third-order valence-electron chi connectivity index (χ3n) is 2.35. The number of aromatic carboxylic acids is 1. The van der Waals surface area contributed by atoms with Crippen LogP contribution in [0.2, 0.25) is 0 Å². The van der Waals surface area contributed by atoms with Crippen molar-refractivity contribution in [3.05, 3.63) is 51.2 Å². The molecule has 0 bridgehead atoms. The zero-order valence-corrected chi connectivity index (χ0v) is 11.3. The number of anilines is 1. The smallest absolute Gasteiger partial charge is 0.339 e. The Kier molecular flexibility index (Phi) is 3.85. The van der Waals surface area contributed by atoms with Crippen molar-refractivity contribution in [1.29, 1.82) is 0 Å². The summed E-state index contributed by atoms with van der Waals surface area (Å²) in [6.45, 7) is 0.232. The summed E-state index contributed by atoms with van der Waals surface area (Å²) in [5, 5.41) is 11.9. The third-order valence-corrected chi connectivity index (χ3v) is 3.24. The zero-order chi connectivity index (χ0) is 13.1. The highest BCUT2D eigenvalue weighted by atomic mass is 127. The molecule has 1 heterocycles. The number of furan rings is 1. The standard InChI is InChI=1S/C12H9FINO3/c13-7-1-2-10(9(14)5-7)15-6-11-8(12(16)17)3-4-18-11/h1-5,15H,6H2,(H,16,17). The van der Waals surface area contributed by atoms with Crippen LogP contribution in [0.5, 0.6) is 0 Å². The number of nitrogens with one attached hydrogen (secondary N) is 1. The van der Waals surface area contributed by atoms with Crippen molar-refractivity contribution in [1.82, 2.24) is 0 Å². The van der Waals surface area contributed by atoms with Crippen LogP contribution in [0.15, 0.2) is 34.9 Å². The molecular weight excluding hydrogens is 352 g/mol. The number of hydrogen-bond donors (Lipinski definition) is 2. The normalized spacial score (nSPS) is 10.3. The summed E-state index contributed by atoms with van der Waals surface area (Å²) >= 11 is 2.00. The maximum Gasteiger partial charge on any atom is 0.339 e. The van der Waals surface area contributed by atoms with Crippen LogP contribution >= 0.6 is 22.6 Å². The third kappa shape index (κ3) is 2.81. The van der Waals surface area contributed by atoms with E-state index in [0.29, 0.717) is 5.76 Å². The van der Waals surface area contributed by atoms with Gasteiger partial charge in [0.1, 0.15) is 17.1 Å². The first-order valence-electron chi connectivity index (χ1n) is 5.06. The average Bonchev–Trinajstić information content (AvgIpc) is 2.76. The van der Waals surface area contributed by atoms with Gasteiger partial charge in [-0.2, -0.15) is 0 Å². The number of hydrogen-bond acceptors (Lipinski definition) is 3. The van der Waals surface area contributed by atoms with Crippen molar-refractivity contribution in [2.75, 3.05) is 5.32 Å². The van der Waals surface area contributed by atoms with E-state index in [9.17, 15) is 9.18 Å². The van der Waals surface area contributed by atoms with Gasteiger partial charge in [0, 0.05) is 9.26 Å². The molecule has 2 N–H and O–H groups in total. The van der Waals surface area contributed by atoms with Crippen molar-refractivity contribution < 1.29 is 18.7 Å². The van der Waals surface area contributed by atoms with E-state index in [-0.39, 0.29) is 17.9 Å². The molecule has 18 heavy (non-hydrogen) atoms. The van der Waals surface area contributed by atoms with Gasteiger partial charge in [0.25, 0.3) is 0 Å². The van der Waals surface area contributed by atoms with Gasteiger partial charge < -0.3 is 14.8 Å². The van der Waals surface area contributed by atoms with E-state index in [0.717, 1.165) is 9.26 Å². The lowest BCUT2D eigenvalue weighted by Crippen LogP contribution is -2.05. The lowest BCUT2D eigenvalue weighted by molar-refractivity contribution is 0.0694. The Morgan fingerprint density at radius 1 is 1.44 bits per heavy atom. The SMILES string of the molecule is O=C(O)c1ccoc1CNc1ccc(F)cc1I. The Hall–Kier alpha value is -1.57. The number of benzene rings is 1. The first-order valence-corrected chi connectivity index (χ1v) is 6.14. The maximum absolute atomic E-state index is 12.9. The number of carboxylic acid groups (broad SMARTS) is 1. The number of carbonyl (C=O) groups is 1. The Morgan fingerprint density at radius 3 is 2.89 bits per heavy atom. The topological polar surface area (TPSA) is 62.5 Å². The molecule has 0 spiro atoms. The summed E-state index contributed by atoms with van der Waals surface area (Å²) in [5.74, 6) is -1.01. The van der Waals surface area contributed by atoms with Crippen LogP contribution in [0.4, 0.5) is 10.1 Å². The fraction of sp³-hybridized carbons (Fsp3) is 0.0833. The Morgan fingerprint density at radius 2 is 2.22 bits per heavy atom. The van der Waals surface area contributed by atoms with Crippen LogP contribution in [0.3, 0.4) is 0 Å². The second-order valence-electron chi connectivity index (χ2n) is 3.54. The minimum atomic E-state index is -1.03. The quantitative estimate of drug-likeness (QED) is 0.821. The fourth-order valence-electron chi connectivity index (χ4n) is 1.48. The highest BCUT2D eigenvalue weighted by molar-refractivity contribution is 14.1. The summed E-state index contributed by atoms with van der Waals surface area (Å²) in [6.07, 6.45) is 1.33. The zero-order valence-electron chi connectivity index (χ0n) is 9.11. The second-order valence-corrected chi connectivity index (χ2v) is 4.70. The van der Waals surface area contributed by atoms with Gasteiger partial charge in [0.2, 0.25) is 0 Å². The van der Waals surface area contributed by atoms with Crippen molar-refractivity contribution in [3.8, 4) is 0 Å². The molecule has 1 aromatic carbocycles. The number of rotatable bonds is 4. The molecule has 0 fully saturated rings. The summed E-state index contributed by atoms with van der Waals surface area (Å²) in [7, 11) is 0. The molecule has 94 valence electrons. The van der Waals surface area contributed by atoms with E-state index in [1.807, 2.05) is 22.6 Å².